The largest absolute Gasteiger partial charge is 0.490 e. The standard InChI is InChI=1S/C34H40ClFN2O5S/c1-19-20(2)44(40,41)37-33(39)21-7-11-30-29(15-21)38(16-22-6-8-25(22)32(42-3)24-13-23(19)14-24)17-34(18-43-30)12-4-5-26-27(34)9-10-28(35)31(26)36/h7,9-11,13,15,19-20,22-23,25,32H,4-6,8,12,14,16-18H2,1-3H3,(H,37,39)/t19-,20-,22+,23+,25-,32+,34+/m1/s1. The number of hydrogen-bond acceptors (Lipinski definition) is 6. The molecule has 2 aromatic carbocycles. The fourth-order valence-corrected chi connectivity index (χ4v) is 9.87. The van der Waals surface area contributed by atoms with Gasteiger partial charge in [-0.3, -0.25) is 4.79 Å². The zero-order chi connectivity index (χ0) is 31.0. The van der Waals surface area contributed by atoms with E-state index in [0.717, 1.165) is 49.9 Å². The number of benzene rings is 2. The second-order valence-corrected chi connectivity index (χ2v) is 16.1. The van der Waals surface area contributed by atoms with Crippen molar-refractivity contribution in [1.29, 1.82) is 0 Å². The van der Waals surface area contributed by atoms with Gasteiger partial charge in [0.2, 0.25) is 10.0 Å². The van der Waals surface area contributed by atoms with E-state index in [1.807, 2.05) is 13.0 Å². The lowest BCUT2D eigenvalue weighted by Crippen LogP contribution is -2.50. The molecule has 7 nitrogen and oxygen atoms in total. The minimum Gasteiger partial charge on any atom is -0.490 e. The Labute approximate surface area is 264 Å². The van der Waals surface area contributed by atoms with Gasteiger partial charge in [-0.05, 0) is 110 Å². The Balaban J connectivity index is 1.32. The van der Waals surface area contributed by atoms with E-state index >= 15 is 4.39 Å². The Morgan fingerprint density at radius 1 is 1.18 bits per heavy atom. The summed E-state index contributed by atoms with van der Waals surface area (Å²) in [4.78, 5) is 15.7. The van der Waals surface area contributed by atoms with Crippen LogP contribution in [-0.4, -0.2) is 52.5 Å². The van der Waals surface area contributed by atoms with E-state index < -0.39 is 26.6 Å². The fourth-order valence-electron chi connectivity index (χ4n) is 8.37. The molecule has 7 atom stereocenters. The number of allylic oxidation sites excluding steroid dienone is 1. The van der Waals surface area contributed by atoms with E-state index in [1.165, 1.54) is 5.57 Å². The van der Waals surface area contributed by atoms with Gasteiger partial charge < -0.3 is 14.4 Å². The molecule has 3 aliphatic heterocycles. The molecule has 1 fully saturated rings. The van der Waals surface area contributed by atoms with Crippen LogP contribution in [0.5, 0.6) is 5.75 Å². The number of anilines is 1. The molecule has 3 aliphatic carbocycles. The highest BCUT2D eigenvalue weighted by Crippen LogP contribution is 2.49. The van der Waals surface area contributed by atoms with Gasteiger partial charge >= 0.3 is 0 Å². The summed E-state index contributed by atoms with van der Waals surface area (Å²) >= 11 is 6.21. The molecule has 1 N–H and O–H groups in total. The Morgan fingerprint density at radius 3 is 2.70 bits per heavy atom. The Bertz CT molecular complexity index is 1650. The van der Waals surface area contributed by atoms with Crippen molar-refractivity contribution in [3.05, 3.63) is 69.5 Å². The van der Waals surface area contributed by atoms with Crippen LogP contribution in [-0.2, 0) is 26.6 Å². The first kappa shape index (κ1) is 30.1. The molecule has 0 radical (unpaired) electrons. The van der Waals surface area contributed by atoms with Crippen molar-refractivity contribution < 1.29 is 27.1 Å². The quantitative estimate of drug-likeness (QED) is 0.382. The lowest BCUT2D eigenvalue weighted by Gasteiger charge is -2.48. The molecule has 8 rings (SSSR count). The second-order valence-electron chi connectivity index (χ2n) is 13.7. The maximum atomic E-state index is 15.3. The summed E-state index contributed by atoms with van der Waals surface area (Å²) in [5, 5.41) is -0.617. The zero-order valence-electron chi connectivity index (χ0n) is 25.4. The summed E-state index contributed by atoms with van der Waals surface area (Å²) in [6.07, 6.45) is 7.38. The third kappa shape index (κ3) is 4.85. The van der Waals surface area contributed by atoms with Gasteiger partial charge in [-0.2, -0.15) is 0 Å². The molecule has 44 heavy (non-hydrogen) atoms. The van der Waals surface area contributed by atoms with Crippen molar-refractivity contribution in [2.75, 3.05) is 31.7 Å². The van der Waals surface area contributed by atoms with Crippen molar-refractivity contribution in [3.63, 3.8) is 0 Å². The van der Waals surface area contributed by atoms with Crippen LogP contribution in [0.2, 0.25) is 5.02 Å². The van der Waals surface area contributed by atoms with Crippen molar-refractivity contribution in [1.82, 2.24) is 4.72 Å². The molecular weight excluding hydrogens is 603 g/mol. The van der Waals surface area contributed by atoms with E-state index in [1.54, 1.807) is 38.3 Å². The number of methoxy groups -OCH3 is 1. The maximum absolute atomic E-state index is 15.3. The number of fused-ring (bicyclic) bond motifs is 6. The number of sulfonamides is 1. The molecule has 10 heteroatoms. The van der Waals surface area contributed by atoms with Crippen LogP contribution in [0.3, 0.4) is 0 Å². The van der Waals surface area contributed by atoms with Gasteiger partial charge in [-0.15, -0.1) is 0 Å². The fraction of sp³-hybridized carbons (Fsp3) is 0.559. The molecule has 3 heterocycles. The number of hydrogen-bond donors (Lipinski definition) is 1. The minimum absolute atomic E-state index is 0.00800. The minimum atomic E-state index is -3.93. The van der Waals surface area contributed by atoms with E-state index in [4.69, 9.17) is 21.1 Å². The maximum Gasteiger partial charge on any atom is 0.264 e. The summed E-state index contributed by atoms with van der Waals surface area (Å²) in [7, 11) is -2.16. The molecule has 0 aromatic heterocycles. The first-order valence-corrected chi connectivity index (χ1v) is 17.7. The van der Waals surface area contributed by atoms with Crippen molar-refractivity contribution in [3.8, 4) is 5.75 Å². The van der Waals surface area contributed by atoms with Gasteiger partial charge in [-0.25, -0.2) is 17.5 Å². The van der Waals surface area contributed by atoms with Crippen LogP contribution < -0.4 is 14.4 Å². The molecule has 0 unspecified atom stereocenters. The Kier molecular flexibility index (Phi) is 7.53. The van der Waals surface area contributed by atoms with Gasteiger partial charge in [0.25, 0.3) is 5.91 Å². The zero-order valence-corrected chi connectivity index (χ0v) is 27.0. The average molecular weight is 643 g/mol. The molecular formula is C34H40ClFN2O5S. The number of carbonyl (C=O) groups excluding carboxylic acids is 1. The molecule has 236 valence electrons. The molecule has 4 bridgehead atoms. The smallest absolute Gasteiger partial charge is 0.264 e. The first-order chi connectivity index (χ1) is 21.0. The highest BCUT2D eigenvalue weighted by molar-refractivity contribution is 7.90. The third-order valence-corrected chi connectivity index (χ3v) is 13.6. The molecule has 0 saturated heterocycles. The summed E-state index contributed by atoms with van der Waals surface area (Å²) in [5.41, 5.74) is 3.38. The van der Waals surface area contributed by atoms with Gasteiger partial charge in [0.15, 0.2) is 0 Å². The summed E-state index contributed by atoms with van der Waals surface area (Å²) in [5.74, 6) is 0.284. The van der Waals surface area contributed by atoms with E-state index in [0.29, 0.717) is 42.7 Å². The topological polar surface area (TPSA) is 84.9 Å². The molecule has 2 aromatic rings. The lowest BCUT2D eigenvalue weighted by molar-refractivity contribution is -0.000492. The summed E-state index contributed by atoms with van der Waals surface area (Å²) < 4.78 is 57.0. The number of nitrogens with zero attached hydrogens (tertiary/aromatic N) is 1. The number of rotatable bonds is 1. The number of ether oxygens (including phenoxy) is 2. The SMILES string of the molecule is CO[C@H]1C2=C[C@@H](C2)[C@H](C)[C@@H](C)S(=O)(=O)NC(=O)c2ccc3c(c2)N(C[C@@H]2CC[C@H]21)C[C@@]1(CCCc2c1ccc(Cl)c2F)CO3. The monoisotopic (exact) mass is 642 g/mol. The van der Waals surface area contributed by atoms with Gasteiger partial charge in [-0.1, -0.05) is 30.7 Å². The van der Waals surface area contributed by atoms with Crippen LogP contribution in [0.4, 0.5) is 10.1 Å². The van der Waals surface area contributed by atoms with Crippen molar-refractivity contribution in [2.45, 2.75) is 69.1 Å². The second kappa shape index (κ2) is 11.0. The van der Waals surface area contributed by atoms with E-state index in [2.05, 4.69) is 15.7 Å². The number of amides is 1. The molecule has 1 saturated carbocycles. The predicted molar refractivity (Wildman–Crippen MR) is 168 cm³/mol. The number of nitrogens with one attached hydrogen (secondary N) is 1. The van der Waals surface area contributed by atoms with Gasteiger partial charge in [0.05, 0.1) is 28.7 Å². The van der Waals surface area contributed by atoms with Gasteiger partial charge in [0.1, 0.15) is 11.6 Å². The highest BCUT2D eigenvalue weighted by Gasteiger charge is 2.47. The summed E-state index contributed by atoms with van der Waals surface area (Å²) in [6.45, 7) is 5.29. The highest BCUT2D eigenvalue weighted by atomic mass is 35.5. The number of halogens is 2. The average Bonchev–Trinajstić information content (AvgIpc) is 3.11. The van der Waals surface area contributed by atoms with Gasteiger partial charge in [0, 0.05) is 31.2 Å². The van der Waals surface area contributed by atoms with Crippen molar-refractivity contribution >= 4 is 33.2 Å². The van der Waals surface area contributed by atoms with Crippen LogP contribution in [0.1, 0.15) is 67.4 Å². The van der Waals surface area contributed by atoms with Crippen LogP contribution in [0.15, 0.2) is 42.0 Å². The summed E-state index contributed by atoms with van der Waals surface area (Å²) in [6, 6.07) is 8.74. The van der Waals surface area contributed by atoms with Crippen LogP contribution >= 0.6 is 11.6 Å². The first-order valence-electron chi connectivity index (χ1n) is 15.8. The Hall–Kier alpha value is -2.62. The van der Waals surface area contributed by atoms with Crippen molar-refractivity contribution in [2.24, 2.45) is 23.7 Å². The predicted octanol–water partition coefficient (Wildman–Crippen LogP) is 6.04. The Morgan fingerprint density at radius 2 is 1.98 bits per heavy atom. The third-order valence-electron chi connectivity index (χ3n) is 11.4. The molecule has 6 aliphatic rings. The van der Waals surface area contributed by atoms with E-state index in [9.17, 15) is 13.2 Å². The molecule has 1 spiro atoms. The molecule has 1 amide bonds. The van der Waals surface area contributed by atoms with E-state index in [-0.39, 0.29) is 34.3 Å². The normalized spacial score (nSPS) is 34.2. The van der Waals surface area contributed by atoms with Crippen LogP contribution in [0, 0.1) is 29.5 Å². The lowest BCUT2D eigenvalue weighted by atomic mass is 9.64. The number of carbonyl (C=O) groups is 1. The van der Waals surface area contributed by atoms with Crippen LogP contribution in [0.25, 0.3) is 0 Å².